The van der Waals surface area contributed by atoms with Gasteiger partial charge in [0.05, 0.1) is 11.8 Å². The second-order valence-electron chi connectivity index (χ2n) is 3.64. The number of anilines is 1. The van der Waals surface area contributed by atoms with Crippen LogP contribution < -0.4 is 4.72 Å². The van der Waals surface area contributed by atoms with Gasteiger partial charge in [0, 0.05) is 11.1 Å². The van der Waals surface area contributed by atoms with Crippen LogP contribution in [0, 0.1) is 25.2 Å². The van der Waals surface area contributed by atoms with E-state index in [0.29, 0.717) is 10.6 Å². The molecule has 0 bridgehead atoms. The van der Waals surface area contributed by atoms with Crippen LogP contribution in [0.2, 0.25) is 0 Å². The first kappa shape index (κ1) is 12.6. The molecule has 2 aromatic heterocycles. The molecule has 0 fully saturated rings. The smallest absolute Gasteiger partial charge is 0.265 e. The zero-order valence-corrected chi connectivity index (χ0v) is 11.3. The molecule has 18 heavy (non-hydrogen) atoms. The minimum atomic E-state index is -3.69. The van der Waals surface area contributed by atoms with Gasteiger partial charge in [-0.3, -0.25) is 9.82 Å². The van der Waals surface area contributed by atoms with Crippen molar-refractivity contribution >= 4 is 26.4 Å². The van der Waals surface area contributed by atoms with Gasteiger partial charge in [-0.2, -0.15) is 10.4 Å². The highest BCUT2D eigenvalue weighted by atomic mass is 32.2. The third-order valence-electron chi connectivity index (χ3n) is 2.51. The fourth-order valence-electron chi connectivity index (χ4n) is 1.40. The van der Waals surface area contributed by atoms with Crippen molar-refractivity contribution in [3.63, 3.8) is 0 Å². The van der Waals surface area contributed by atoms with E-state index in [0.717, 1.165) is 10.4 Å². The van der Waals surface area contributed by atoms with Gasteiger partial charge in [0.15, 0.2) is 0 Å². The summed E-state index contributed by atoms with van der Waals surface area (Å²) < 4.78 is 26.4. The molecule has 8 heteroatoms. The Hall–Kier alpha value is -1.85. The van der Waals surface area contributed by atoms with Crippen molar-refractivity contribution in [1.29, 1.82) is 5.26 Å². The maximum absolute atomic E-state index is 12.0. The summed E-state index contributed by atoms with van der Waals surface area (Å²) in [5.41, 5.74) is 1.16. The average molecular weight is 282 g/mol. The van der Waals surface area contributed by atoms with Gasteiger partial charge in [-0.25, -0.2) is 8.42 Å². The molecule has 2 rings (SSSR count). The van der Waals surface area contributed by atoms with Gasteiger partial charge in [-0.15, -0.1) is 11.3 Å². The number of aryl methyl sites for hydroxylation is 1. The maximum atomic E-state index is 12.0. The molecule has 2 N–H and O–H groups in total. The number of thiophene rings is 1. The lowest BCUT2D eigenvalue weighted by Crippen LogP contribution is -2.12. The van der Waals surface area contributed by atoms with Crippen LogP contribution in [0.1, 0.15) is 16.0 Å². The molecule has 0 saturated heterocycles. The summed E-state index contributed by atoms with van der Waals surface area (Å²) in [5, 5.41) is 15.4. The molecule has 0 aliphatic heterocycles. The lowest BCUT2D eigenvalue weighted by Gasteiger charge is -2.03. The van der Waals surface area contributed by atoms with Crippen molar-refractivity contribution in [3.05, 3.63) is 28.4 Å². The molecule has 2 heterocycles. The summed E-state index contributed by atoms with van der Waals surface area (Å²) in [5.74, 6) is 0. The molecular weight excluding hydrogens is 272 g/mol. The topological polar surface area (TPSA) is 98.6 Å². The zero-order valence-electron chi connectivity index (χ0n) is 9.68. The number of nitrogens with one attached hydrogen (secondary N) is 2. The van der Waals surface area contributed by atoms with E-state index in [9.17, 15) is 8.42 Å². The molecule has 0 atom stereocenters. The van der Waals surface area contributed by atoms with Crippen LogP contribution in [-0.2, 0) is 10.0 Å². The highest BCUT2D eigenvalue weighted by molar-refractivity contribution is 7.93. The number of nitrogens with zero attached hydrogens (tertiary/aromatic N) is 2. The van der Waals surface area contributed by atoms with Crippen molar-refractivity contribution in [3.8, 4) is 6.07 Å². The summed E-state index contributed by atoms with van der Waals surface area (Å²) in [6, 6.07) is 2.01. The van der Waals surface area contributed by atoms with Crippen LogP contribution >= 0.6 is 11.3 Å². The highest BCUT2D eigenvalue weighted by Crippen LogP contribution is 2.33. The van der Waals surface area contributed by atoms with E-state index in [1.54, 1.807) is 6.92 Å². The van der Waals surface area contributed by atoms with Crippen LogP contribution in [0.15, 0.2) is 17.3 Å². The molecule has 0 radical (unpaired) electrons. The molecular formula is C10H10N4O2S2. The normalized spacial score (nSPS) is 11.2. The summed E-state index contributed by atoms with van der Waals surface area (Å²) in [7, 11) is -3.69. The Bertz CT molecular complexity index is 708. The van der Waals surface area contributed by atoms with Crippen LogP contribution in [0.5, 0.6) is 0 Å². The molecule has 0 amide bonds. The Kier molecular flexibility index (Phi) is 3.11. The Balaban J connectivity index is 2.42. The molecule has 94 valence electrons. The van der Waals surface area contributed by atoms with Crippen molar-refractivity contribution < 1.29 is 8.42 Å². The van der Waals surface area contributed by atoms with Gasteiger partial charge in [0.2, 0.25) is 0 Å². The minimum absolute atomic E-state index is 0.0371. The second-order valence-corrected chi connectivity index (χ2v) is 6.55. The van der Waals surface area contributed by atoms with E-state index in [1.807, 2.05) is 13.0 Å². The molecule has 6 nitrogen and oxygen atoms in total. The fourth-order valence-corrected chi connectivity index (χ4v) is 3.62. The summed E-state index contributed by atoms with van der Waals surface area (Å²) >= 11 is 1.25. The SMILES string of the molecule is Cc1sc(NS(=O)(=O)c2cn[nH]c2)c(C#N)c1C. The van der Waals surface area contributed by atoms with Crippen molar-refractivity contribution in [2.75, 3.05) is 4.72 Å². The Morgan fingerprint density at radius 2 is 2.22 bits per heavy atom. The molecule has 2 aromatic rings. The summed E-state index contributed by atoms with van der Waals surface area (Å²) in [6.45, 7) is 3.64. The monoisotopic (exact) mass is 282 g/mol. The average Bonchev–Trinajstić information content (AvgIpc) is 2.89. The third-order valence-corrected chi connectivity index (χ3v) is 5.08. The van der Waals surface area contributed by atoms with E-state index in [-0.39, 0.29) is 4.90 Å². The van der Waals surface area contributed by atoms with Gasteiger partial charge >= 0.3 is 0 Å². The number of aromatic amines is 1. The number of H-pyrrole nitrogens is 1. The number of nitriles is 1. The number of aromatic nitrogens is 2. The summed E-state index contributed by atoms with van der Waals surface area (Å²) in [4.78, 5) is 0.950. The molecule has 0 aliphatic rings. The lowest BCUT2D eigenvalue weighted by molar-refractivity contribution is 0.601. The van der Waals surface area contributed by atoms with Gasteiger partial charge in [-0.05, 0) is 19.4 Å². The molecule has 0 spiro atoms. The number of hydrogen-bond acceptors (Lipinski definition) is 5. The molecule has 0 unspecified atom stereocenters. The first-order valence-corrected chi connectivity index (χ1v) is 7.27. The predicted octanol–water partition coefficient (Wildman–Crippen LogP) is 1.76. The lowest BCUT2D eigenvalue weighted by atomic mass is 10.2. The van der Waals surface area contributed by atoms with E-state index in [4.69, 9.17) is 5.26 Å². The standard InChI is InChI=1S/C10H10N4O2S2/c1-6-7(2)17-10(9(6)3-11)14-18(15,16)8-4-12-13-5-8/h4-5,14H,1-2H3,(H,12,13). The Morgan fingerprint density at radius 1 is 1.50 bits per heavy atom. The van der Waals surface area contributed by atoms with E-state index in [2.05, 4.69) is 14.9 Å². The second kappa shape index (κ2) is 4.44. The predicted molar refractivity (Wildman–Crippen MR) is 67.9 cm³/mol. The number of rotatable bonds is 3. The summed E-state index contributed by atoms with van der Waals surface area (Å²) in [6.07, 6.45) is 2.49. The van der Waals surface area contributed by atoms with Gasteiger partial charge in [-0.1, -0.05) is 0 Å². The van der Waals surface area contributed by atoms with Crippen LogP contribution in [0.3, 0.4) is 0 Å². The number of hydrogen-bond donors (Lipinski definition) is 2. The Labute approximate surface area is 108 Å². The van der Waals surface area contributed by atoms with Crippen LogP contribution in [0.25, 0.3) is 0 Å². The van der Waals surface area contributed by atoms with Crippen molar-refractivity contribution in [1.82, 2.24) is 10.2 Å². The quantitative estimate of drug-likeness (QED) is 0.896. The van der Waals surface area contributed by atoms with Gasteiger partial charge < -0.3 is 0 Å². The van der Waals surface area contributed by atoms with E-state index >= 15 is 0 Å². The Morgan fingerprint density at radius 3 is 2.78 bits per heavy atom. The first-order chi connectivity index (χ1) is 8.45. The van der Waals surface area contributed by atoms with Crippen molar-refractivity contribution in [2.24, 2.45) is 0 Å². The molecule has 0 aromatic carbocycles. The third kappa shape index (κ3) is 2.10. The minimum Gasteiger partial charge on any atom is -0.284 e. The largest absolute Gasteiger partial charge is 0.284 e. The van der Waals surface area contributed by atoms with E-state index in [1.165, 1.54) is 23.7 Å². The fraction of sp³-hybridized carbons (Fsp3) is 0.200. The first-order valence-electron chi connectivity index (χ1n) is 4.97. The highest BCUT2D eigenvalue weighted by Gasteiger charge is 2.20. The van der Waals surface area contributed by atoms with E-state index < -0.39 is 10.0 Å². The molecule has 0 aliphatic carbocycles. The molecule has 0 saturated carbocycles. The maximum Gasteiger partial charge on any atom is 0.265 e. The van der Waals surface area contributed by atoms with Gasteiger partial charge in [0.25, 0.3) is 10.0 Å². The number of sulfonamides is 1. The van der Waals surface area contributed by atoms with Crippen LogP contribution in [0.4, 0.5) is 5.00 Å². The van der Waals surface area contributed by atoms with Crippen molar-refractivity contribution in [2.45, 2.75) is 18.7 Å². The zero-order chi connectivity index (χ0) is 13.3. The van der Waals surface area contributed by atoms with Gasteiger partial charge in [0.1, 0.15) is 16.0 Å². The van der Waals surface area contributed by atoms with Crippen LogP contribution in [-0.4, -0.2) is 18.6 Å².